The molecule has 0 spiro atoms. The third kappa shape index (κ3) is 13.6. The summed E-state index contributed by atoms with van der Waals surface area (Å²) in [4.78, 5) is 13.9. The van der Waals surface area contributed by atoms with Gasteiger partial charge in [0.15, 0.2) is 12.7 Å². The number of hydrogen-bond acceptors (Lipinski definition) is 3. The molecule has 0 radical (unpaired) electrons. The van der Waals surface area contributed by atoms with Crippen LogP contribution >= 0.6 is 22.9 Å². The number of aromatic nitrogens is 1. The van der Waals surface area contributed by atoms with E-state index >= 15 is 0 Å². The first kappa shape index (κ1) is 34.3. The molecule has 0 saturated heterocycles. The van der Waals surface area contributed by atoms with Crippen LogP contribution in [0.4, 0.5) is 5.69 Å². The van der Waals surface area contributed by atoms with Gasteiger partial charge in [-0.2, -0.15) is 4.57 Å². The molecule has 0 bridgehead atoms. The zero-order valence-corrected chi connectivity index (χ0v) is 27.4. The van der Waals surface area contributed by atoms with Crippen molar-refractivity contribution < 1.29 is 31.1 Å². The van der Waals surface area contributed by atoms with Gasteiger partial charge in [-0.15, -0.1) is 0 Å². The number of halogens is 2. The van der Waals surface area contributed by atoms with E-state index in [1.807, 2.05) is 30.3 Å². The summed E-state index contributed by atoms with van der Waals surface area (Å²) in [6.07, 6.45) is 18.3. The molecule has 2 aromatic carbocycles. The van der Waals surface area contributed by atoms with Crippen molar-refractivity contribution in [3.05, 3.63) is 75.2 Å². The van der Waals surface area contributed by atoms with Gasteiger partial charge in [-0.05, 0) is 43.2 Å². The van der Waals surface area contributed by atoms with Gasteiger partial charge in [-0.3, -0.25) is 4.79 Å². The molecule has 0 fully saturated rings. The molecule has 40 heavy (non-hydrogen) atoms. The zero-order valence-electron chi connectivity index (χ0n) is 24.2. The van der Waals surface area contributed by atoms with Crippen LogP contribution in [-0.2, 0) is 17.8 Å². The van der Waals surface area contributed by atoms with Crippen molar-refractivity contribution >= 4 is 34.5 Å². The summed E-state index contributed by atoms with van der Waals surface area (Å²) in [5, 5.41) is 3.54. The van der Waals surface area contributed by atoms with Crippen molar-refractivity contribution in [3.8, 4) is 5.75 Å². The SMILES string of the molecule is CCCCCCCCCCCCCCOc1ccc(CC(=O)Nc2ccc(C[n+]3csc(C)c3)cc2)cc1Cl.[Br-]. The number of carbonyl (C=O) groups excluding carboxylic acids is 1. The quantitative estimate of drug-likeness (QED) is 0.122. The first-order valence-electron chi connectivity index (χ1n) is 14.8. The maximum absolute atomic E-state index is 12.6. The van der Waals surface area contributed by atoms with E-state index in [-0.39, 0.29) is 29.3 Å². The van der Waals surface area contributed by atoms with Crippen molar-refractivity contribution in [1.82, 2.24) is 0 Å². The van der Waals surface area contributed by atoms with Gasteiger partial charge in [0.05, 0.1) is 22.9 Å². The van der Waals surface area contributed by atoms with E-state index in [9.17, 15) is 4.79 Å². The van der Waals surface area contributed by atoms with Crippen LogP contribution in [0.2, 0.25) is 5.02 Å². The molecule has 0 aliphatic rings. The van der Waals surface area contributed by atoms with Crippen LogP contribution < -0.4 is 31.6 Å². The second-order valence-electron chi connectivity index (χ2n) is 10.6. The summed E-state index contributed by atoms with van der Waals surface area (Å²) in [7, 11) is 0. The predicted octanol–water partition coefficient (Wildman–Crippen LogP) is 6.31. The maximum atomic E-state index is 12.6. The highest BCUT2D eigenvalue weighted by molar-refractivity contribution is 7.09. The lowest BCUT2D eigenvalue weighted by Crippen LogP contribution is -3.00. The Balaban J connectivity index is 0.00000560. The highest BCUT2D eigenvalue weighted by Gasteiger charge is 2.09. The molecule has 0 aliphatic carbocycles. The van der Waals surface area contributed by atoms with Gasteiger partial charge in [0, 0.05) is 11.3 Å². The first-order valence-corrected chi connectivity index (χ1v) is 16.0. The summed E-state index contributed by atoms with van der Waals surface area (Å²) in [5.74, 6) is 0.630. The van der Waals surface area contributed by atoms with Crippen molar-refractivity contribution in [2.45, 2.75) is 104 Å². The van der Waals surface area contributed by atoms with Gasteiger partial charge < -0.3 is 27.0 Å². The number of anilines is 1. The second kappa shape index (κ2) is 20.1. The molecule has 3 aromatic rings. The number of carbonyl (C=O) groups is 1. The fraction of sp³-hybridized carbons (Fsp3) is 0.515. The number of aryl methyl sites for hydroxylation is 1. The molecule has 0 atom stereocenters. The summed E-state index contributed by atoms with van der Waals surface area (Å²) in [6.45, 7) is 5.88. The standard InChI is InChI=1S/C33H45ClN2O2S.BrH/c1-3-4-5-6-7-8-9-10-11-12-13-14-21-38-32-20-17-29(22-31(32)34)23-33(37)35-30-18-15-28(16-19-30)25-36-24-27(2)39-26-36;/h15-20,22,24,26H,3-14,21,23,25H2,1-2H3;1H. The Kier molecular flexibility index (Phi) is 17.2. The molecule has 1 aromatic heterocycles. The number of nitrogens with zero attached hydrogens (tertiary/aromatic N) is 1. The van der Waals surface area contributed by atoms with Crippen LogP contribution in [0.25, 0.3) is 0 Å². The van der Waals surface area contributed by atoms with Crippen molar-refractivity contribution in [2.24, 2.45) is 0 Å². The zero-order chi connectivity index (χ0) is 27.7. The monoisotopic (exact) mass is 648 g/mol. The number of benzene rings is 2. The Hall–Kier alpha value is -1.89. The highest BCUT2D eigenvalue weighted by atomic mass is 79.9. The summed E-state index contributed by atoms with van der Waals surface area (Å²) >= 11 is 8.19. The van der Waals surface area contributed by atoms with Crippen LogP contribution in [0.15, 0.2) is 54.2 Å². The van der Waals surface area contributed by atoms with Crippen LogP contribution in [0.5, 0.6) is 5.75 Å². The molecule has 1 N–H and O–H groups in total. The number of amides is 1. The molecule has 1 heterocycles. The minimum absolute atomic E-state index is 0. The lowest BCUT2D eigenvalue weighted by atomic mass is 10.1. The van der Waals surface area contributed by atoms with Crippen LogP contribution in [-0.4, -0.2) is 12.5 Å². The number of hydrogen-bond donors (Lipinski definition) is 1. The Morgan fingerprint density at radius 3 is 2.05 bits per heavy atom. The summed E-state index contributed by atoms with van der Waals surface area (Å²) in [6, 6.07) is 13.6. The van der Waals surface area contributed by atoms with E-state index in [2.05, 4.69) is 47.6 Å². The molecular formula is C33H46BrClN2O2S. The highest BCUT2D eigenvalue weighted by Crippen LogP contribution is 2.26. The number of thiazole rings is 1. The lowest BCUT2D eigenvalue weighted by Gasteiger charge is -2.10. The summed E-state index contributed by atoms with van der Waals surface area (Å²) < 4.78 is 8.08. The van der Waals surface area contributed by atoms with E-state index < -0.39 is 0 Å². The minimum Gasteiger partial charge on any atom is -1.00 e. The van der Waals surface area contributed by atoms with Gasteiger partial charge in [-0.1, -0.05) is 119 Å². The topological polar surface area (TPSA) is 42.2 Å². The number of unbranched alkanes of at least 4 members (excludes halogenated alkanes) is 11. The molecule has 0 saturated carbocycles. The van der Waals surface area contributed by atoms with Crippen molar-refractivity contribution in [2.75, 3.05) is 11.9 Å². The van der Waals surface area contributed by atoms with E-state index in [0.29, 0.717) is 17.4 Å². The van der Waals surface area contributed by atoms with E-state index in [1.165, 1.54) is 81.1 Å². The lowest BCUT2D eigenvalue weighted by molar-refractivity contribution is -0.683. The molecular weight excluding hydrogens is 604 g/mol. The van der Waals surface area contributed by atoms with Crippen LogP contribution in [0, 0.1) is 6.92 Å². The molecule has 3 rings (SSSR count). The summed E-state index contributed by atoms with van der Waals surface area (Å²) in [5.41, 5.74) is 4.98. The average molecular weight is 650 g/mol. The van der Waals surface area contributed by atoms with E-state index in [1.54, 1.807) is 11.3 Å². The first-order chi connectivity index (χ1) is 19.0. The predicted molar refractivity (Wildman–Crippen MR) is 165 cm³/mol. The molecule has 4 nitrogen and oxygen atoms in total. The largest absolute Gasteiger partial charge is 1.00 e. The molecule has 220 valence electrons. The molecule has 1 amide bonds. The minimum atomic E-state index is -0.0631. The molecule has 0 aliphatic heterocycles. The third-order valence-electron chi connectivity index (χ3n) is 6.94. The second-order valence-corrected chi connectivity index (χ2v) is 12.1. The van der Waals surface area contributed by atoms with Crippen LogP contribution in [0.3, 0.4) is 0 Å². The molecule has 7 heteroatoms. The van der Waals surface area contributed by atoms with Crippen LogP contribution in [0.1, 0.15) is 100.0 Å². The van der Waals surface area contributed by atoms with Gasteiger partial charge >= 0.3 is 0 Å². The fourth-order valence-corrected chi connectivity index (χ4v) is 5.61. The fourth-order valence-electron chi connectivity index (χ4n) is 4.72. The Morgan fingerprint density at radius 2 is 1.48 bits per heavy atom. The third-order valence-corrected chi connectivity index (χ3v) is 8.09. The van der Waals surface area contributed by atoms with E-state index in [0.717, 1.165) is 24.2 Å². The van der Waals surface area contributed by atoms with Gasteiger partial charge in [0.25, 0.3) is 0 Å². The number of rotatable bonds is 19. The maximum Gasteiger partial charge on any atom is 0.228 e. The Labute approximate surface area is 261 Å². The van der Waals surface area contributed by atoms with Gasteiger partial charge in [0.2, 0.25) is 11.4 Å². The molecule has 0 unspecified atom stereocenters. The number of ether oxygens (including phenoxy) is 1. The van der Waals surface area contributed by atoms with E-state index in [4.69, 9.17) is 16.3 Å². The van der Waals surface area contributed by atoms with Gasteiger partial charge in [0.1, 0.15) is 5.75 Å². The smallest absolute Gasteiger partial charge is 0.228 e. The average Bonchev–Trinajstić information content (AvgIpc) is 3.33. The van der Waals surface area contributed by atoms with Crippen molar-refractivity contribution in [3.63, 3.8) is 0 Å². The normalized spacial score (nSPS) is 10.8. The Morgan fingerprint density at radius 1 is 0.875 bits per heavy atom. The Bertz CT molecular complexity index is 1120. The van der Waals surface area contributed by atoms with Gasteiger partial charge in [-0.25, -0.2) is 0 Å². The van der Waals surface area contributed by atoms with Crippen molar-refractivity contribution in [1.29, 1.82) is 0 Å². The number of nitrogens with one attached hydrogen (secondary N) is 1.